The number of carbonyl (C=O) groups is 2. The molecule has 1 N–H and O–H groups in total. The van der Waals surface area contributed by atoms with Gasteiger partial charge in [0.05, 0.1) is 24.4 Å². The molecule has 0 saturated carbocycles. The van der Waals surface area contributed by atoms with Gasteiger partial charge in [0.1, 0.15) is 11.5 Å². The van der Waals surface area contributed by atoms with Crippen molar-refractivity contribution in [3.63, 3.8) is 0 Å². The topological polar surface area (TPSA) is 88.6 Å². The third-order valence-electron chi connectivity index (χ3n) is 5.62. The van der Waals surface area contributed by atoms with E-state index in [4.69, 9.17) is 4.42 Å². The van der Waals surface area contributed by atoms with Crippen molar-refractivity contribution < 1.29 is 19.1 Å². The van der Waals surface area contributed by atoms with E-state index in [9.17, 15) is 14.7 Å². The van der Waals surface area contributed by atoms with Gasteiger partial charge in [-0.1, -0.05) is 18.2 Å². The Balaban J connectivity index is 1.75. The molecule has 1 aliphatic rings. The zero-order valence-electron chi connectivity index (χ0n) is 16.7. The van der Waals surface area contributed by atoms with Gasteiger partial charge in [-0.3, -0.25) is 14.6 Å². The Kier molecular flexibility index (Phi) is 4.43. The number of aromatic nitrogens is 2. The van der Waals surface area contributed by atoms with Gasteiger partial charge in [-0.05, 0) is 30.3 Å². The number of para-hydroxylation sites is 1. The van der Waals surface area contributed by atoms with Crippen molar-refractivity contribution in [2.75, 3.05) is 0 Å². The van der Waals surface area contributed by atoms with E-state index in [0.29, 0.717) is 11.3 Å². The van der Waals surface area contributed by atoms with Gasteiger partial charge in [-0.15, -0.1) is 0 Å². The fourth-order valence-corrected chi connectivity index (χ4v) is 4.19. The molecule has 7 nitrogen and oxygen atoms in total. The lowest BCUT2D eigenvalue weighted by Crippen LogP contribution is -2.29. The Labute approximate surface area is 177 Å². The normalized spacial score (nSPS) is 18.2. The third-order valence-corrected chi connectivity index (χ3v) is 5.62. The summed E-state index contributed by atoms with van der Waals surface area (Å²) in [4.78, 5) is 31.6. The highest BCUT2D eigenvalue weighted by molar-refractivity contribution is 6.46. The maximum absolute atomic E-state index is 13.1. The average molecular weight is 413 g/mol. The smallest absolute Gasteiger partial charge is 0.296 e. The number of ketones is 1. The van der Waals surface area contributed by atoms with Crippen LogP contribution >= 0.6 is 0 Å². The number of likely N-dealkylation sites (tertiary alicyclic amines) is 1. The van der Waals surface area contributed by atoms with E-state index in [-0.39, 0.29) is 17.9 Å². The minimum Gasteiger partial charge on any atom is -0.507 e. The van der Waals surface area contributed by atoms with Crippen LogP contribution in [0, 0.1) is 0 Å². The summed E-state index contributed by atoms with van der Waals surface area (Å²) in [6.45, 7) is 0.110. The molecule has 5 rings (SSSR count). The molecule has 0 aliphatic carbocycles. The minimum atomic E-state index is -0.760. The number of nitrogens with zero attached hydrogens (tertiary/aromatic N) is 3. The molecular formula is C24H19N3O4. The van der Waals surface area contributed by atoms with Crippen LogP contribution in [-0.2, 0) is 23.2 Å². The lowest BCUT2D eigenvalue weighted by Gasteiger charge is -2.24. The second-order valence-corrected chi connectivity index (χ2v) is 7.45. The Hall–Kier alpha value is -4.13. The van der Waals surface area contributed by atoms with E-state index < -0.39 is 17.7 Å². The predicted molar refractivity (Wildman–Crippen MR) is 114 cm³/mol. The van der Waals surface area contributed by atoms with E-state index in [1.165, 1.54) is 23.6 Å². The molecule has 1 saturated heterocycles. The number of aryl methyl sites for hydroxylation is 1. The lowest BCUT2D eigenvalue weighted by molar-refractivity contribution is -0.140. The lowest BCUT2D eigenvalue weighted by atomic mass is 9.95. The SMILES string of the molecule is Cn1cc(C2/C(=C(\O)c3ccncc3)C(=O)C(=O)N2Cc2ccco2)c2ccccc21. The summed E-state index contributed by atoms with van der Waals surface area (Å²) >= 11 is 0. The molecule has 4 heterocycles. The zero-order valence-corrected chi connectivity index (χ0v) is 16.7. The Morgan fingerprint density at radius 3 is 2.61 bits per heavy atom. The maximum Gasteiger partial charge on any atom is 0.296 e. The number of amides is 1. The summed E-state index contributed by atoms with van der Waals surface area (Å²) < 4.78 is 7.39. The van der Waals surface area contributed by atoms with Crippen LogP contribution in [0.2, 0.25) is 0 Å². The highest BCUT2D eigenvalue weighted by Gasteiger charge is 2.47. The van der Waals surface area contributed by atoms with Crippen LogP contribution in [0.5, 0.6) is 0 Å². The molecule has 3 aromatic heterocycles. The van der Waals surface area contributed by atoms with Gasteiger partial charge >= 0.3 is 0 Å². The van der Waals surface area contributed by atoms with Crippen LogP contribution < -0.4 is 0 Å². The van der Waals surface area contributed by atoms with Crippen LogP contribution in [0.15, 0.2) is 83.4 Å². The molecule has 1 aromatic carbocycles. The second-order valence-electron chi connectivity index (χ2n) is 7.45. The first kappa shape index (κ1) is 18.9. The monoisotopic (exact) mass is 413 g/mol. The number of fused-ring (bicyclic) bond motifs is 1. The van der Waals surface area contributed by atoms with Gasteiger partial charge in [0, 0.05) is 47.7 Å². The molecule has 1 amide bonds. The summed E-state index contributed by atoms with van der Waals surface area (Å²) in [7, 11) is 1.91. The van der Waals surface area contributed by atoms with Crippen LogP contribution in [0.3, 0.4) is 0 Å². The molecule has 31 heavy (non-hydrogen) atoms. The van der Waals surface area contributed by atoms with Gasteiger partial charge < -0.3 is 19.0 Å². The van der Waals surface area contributed by atoms with Gasteiger partial charge in [-0.2, -0.15) is 0 Å². The number of aliphatic hydroxyl groups is 1. The first-order valence-corrected chi connectivity index (χ1v) is 9.81. The molecule has 0 radical (unpaired) electrons. The average Bonchev–Trinajstić information content (AvgIpc) is 3.49. The number of pyridine rings is 1. The summed E-state index contributed by atoms with van der Waals surface area (Å²) in [6, 6.07) is 13.7. The van der Waals surface area contributed by atoms with Crippen molar-refractivity contribution in [1.82, 2.24) is 14.5 Å². The molecule has 1 aliphatic heterocycles. The molecule has 4 aromatic rings. The van der Waals surface area contributed by atoms with Crippen LogP contribution in [0.4, 0.5) is 0 Å². The first-order valence-electron chi connectivity index (χ1n) is 9.81. The number of carbonyl (C=O) groups excluding carboxylic acids is 2. The molecule has 7 heteroatoms. The van der Waals surface area contributed by atoms with Crippen molar-refractivity contribution >= 4 is 28.4 Å². The second kappa shape index (κ2) is 7.28. The Morgan fingerprint density at radius 2 is 1.87 bits per heavy atom. The number of furan rings is 1. The summed E-state index contributed by atoms with van der Waals surface area (Å²) in [6.07, 6.45) is 6.48. The quantitative estimate of drug-likeness (QED) is 0.312. The van der Waals surface area contributed by atoms with Crippen molar-refractivity contribution in [2.24, 2.45) is 7.05 Å². The summed E-state index contributed by atoms with van der Waals surface area (Å²) in [5.74, 6) is -1.07. The van der Waals surface area contributed by atoms with Gasteiger partial charge in [-0.25, -0.2) is 0 Å². The fourth-order valence-electron chi connectivity index (χ4n) is 4.19. The van der Waals surface area contributed by atoms with Crippen LogP contribution in [0.25, 0.3) is 16.7 Å². The van der Waals surface area contributed by atoms with E-state index in [2.05, 4.69) is 4.98 Å². The number of Topliss-reactive ketones (excluding diaryl/α,β-unsaturated/α-hetero) is 1. The number of benzene rings is 1. The number of rotatable bonds is 4. The highest BCUT2D eigenvalue weighted by atomic mass is 16.3. The number of aliphatic hydroxyl groups excluding tert-OH is 1. The molecule has 1 atom stereocenters. The molecule has 154 valence electrons. The predicted octanol–water partition coefficient (Wildman–Crippen LogP) is 3.79. The van der Waals surface area contributed by atoms with E-state index in [1.54, 1.807) is 24.3 Å². The summed E-state index contributed by atoms with van der Waals surface area (Å²) in [5.41, 5.74) is 2.21. The Bertz CT molecular complexity index is 1320. The molecule has 1 unspecified atom stereocenters. The van der Waals surface area contributed by atoms with E-state index in [1.807, 2.05) is 42.1 Å². The molecule has 1 fully saturated rings. The first-order chi connectivity index (χ1) is 15.1. The number of hydrogen-bond donors (Lipinski definition) is 1. The highest BCUT2D eigenvalue weighted by Crippen LogP contribution is 2.43. The molecular weight excluding hydrogens is 394 g/mol. The van der Waals surface area contributed by atoms with Gasteiger partial charge in [0.2, 0.25) is 0 Å². The summed E-state index contributed by atoms with van der Waals surface area (Å²) in [5, 5.41) is 12.0. The van der Waals surface area contributed by atoms with Crippen molar-refractivity contribution in [3.05, 3.63) is 95.8 Å². The molecule has 0 spiro atoms. The fraction of sp³-hybridized carbons (Fsp3) is 0.125. The molecule has 0 bridgehead atoms. The van der Waals surface area contributed by atoms with Crippen molar-refractivity contribution in [2.45, 2.75) is 12.6 Å². The van der Waals surface area contributed by atoms with Crippen molar-refractivity contribution in [1.29, 1.82) is 0 Å². The van der Waals surface area contributed by atoms with E-state index >= 15 is 0 Å². The van der Waals surface area contributed by atoms with Crippen LogP contribution in [-0.4, -0.2) is 31.2 Å². The third kappa shape index (κ3) is 3.02. The van der Waals surface area contributed by atoms with Crippen LogP contribution in [0.1, 0.15) is 22.9 Å². The largest absolute Gasteiger partial charge is 0.507 e. The minimum absolute atomic E-state index is 0.0547. The zero-order chi connectivity index (χ0) is 21.5. The maximum atomic E-state index is 13.1. The standard InChI is InChI=1S/C24H19N3O4/c1-26-14-18(17-6-2-3-7-19(17)26)21-20(22(28)15-8-10-25-11-9-15)23(29)24(30)27(21)13-16-5-4-12-31-16/h2-12,14,21,28H,13H2,1H3/b22-20+. The Morgan fingerprint density at radius 1 is 1.10 bits per heavy atom. The number of hydrogen-bond acceptors (Lipinski definition) is 5. The van der Waals surface area contributed by atoms with Crippen molar-refractivity contribution in [3.8, 4) is 0 Å². The van der Waals surface area contributed by atoms with Gasteiger partial charge in [0.15, 0.2) is 0 Å². The van der Waals surface area contributed by atoms with Gasteiger partial charge in [0.25, 0.3) is 11.7 Å². The van der Waals surface area contributed by atoms with E-state index in [0.717, 1.165) is 16.5 Å².